The lowest BCUT2D eigenvalue weighted by Gasteiger charge is -2.26. The van der Waals surface area contributed by atoms with Crippen LogP contribution in [0, 0.1) is 5.92 Å². The van der Waals surface area contributed by atoms with Gasteiger partial charge in [0.1, 0.15) is 0 Å². The van der Waals surface area contributed by atoms with Crippen molar-refractivity contribution in [1.29, 1.82) is 0 Å². The Labute approximate surface area is 91.2 Å². The van der Waals surface area contributed by atoms with Crippen LogP contribution in [0.5, 0.6) is 0 Å². The Balaban J connectivity index is 1.93. The van der Waals surface area contributed by atoms with E-state index in [9.17, 15) is 0 Å². The van der Waals surface area contributed by atoms with Crippen LogP contribution in [-0.2, 0) is 11.2 Å². The molecule has 0 aromatic carbocycles. The second kappa shape index (κ2) is 4.58. The summed E-state index contributed by atoms with van der Waals surface area (Å²) >= 11 is 5.57. The summed E-state index contributed by atoms with van der Waals surface area (Å²) in [5, 5.41) is 2.14. The highest BCUT2D eigenvalue weighted by Gasteiger charge is 2.23. The lowest BCUT2D eigenvalue weighted by atomic mass is 9.98. The molecule has 1 aliphatic rings. The molecule has 2 heterocycles. The third-order valence-corrected chi connectivity index (χ3v) is 4.53. The van der Waals surface area contributed by atoms with E-state index < -0.39 is 0 Å². The number of thiophene rings is 1. The molecule has 2 unspecified atom stereocenters. The van der Waals surface area contributed by atoms with Gasteiger partial charge in [-0.05, 0) is 30.2 Å². The summed E-state index contributed by atoms with van der Waals surface area (Å²) in [6.07, 6.45) is 2.31. The van der Waals surface area contributed by atoms with E-state index in [0.717, 1.165) is 26.1 Å². The molecule has 0 aliphatic carbocycles. The third kappa shape index (κ3) is 2.55. The summed E-state index contributed by atoms with van der Waals surface area (Å²) in [6.45, 7) is 1.82. The van der Waals surface area contributed by atoms with Crippen LogP contribution in [0.15, 0.2) is 17.5 Å². The average Bonchev–Trinajstić information content (AvgIpc) is 2.61. The van der Waals surface area contributed by atoms with Gasteiger partial charge in [-0.15, -0.1) is 11.3 Å². The van der Waals surface area contributed by atoms with Gasteiger partial charge in [0.25, 0.3) is 0 Å². The van der Waals surface area contributed by atoms with Crippen LogP contribution in [-0.4, -0.2) is 18.0 Å². The molecule has 0 amide bonds. The first kappa shape index (κ1) is 9.69. The van der Waals surface area contributed by atoms with Crippen molar-refractivity contribution in [2.24, 2.45) is 5.92 Å². The zero-order valence-corrected chi connectivity index (χ0v) is 9.81. The van der Waals surface area contributed by atoms with E-state index >= 15 is 0 Å². The summed E-state index contributed by atoms with van der Waals surface area (Å²) in [5.41, 5.74) is 0. The van der Waals surface area contributed by atoms with E-state index in [0.29, 0.717) is 10.7 Å². The van der Waals surface area contributed by atoms with Gasteiger partial charge in [-0.3, -0.25) is 0 Å². The van der Waals surface area contributed by atoms with Gasteiger partial charge in [0.05, 0.1) is 6.61 Å². The number of halogens is 1. The first-order chi connectivity index (χ1) is 6.36. The minimum atomic E-state index is 0.642. The van der Waals surface area contributed by atoms with E-state index in [1.165, 1.54) is 4.88 Å². The lowest BCUT2D eigenvalue weighted by Crippen LogP contribution is -2.29. The van der Waals surface area contributed by atoms with Gasteiger partial charge in [-0.25, -0.2) is 0 Å². The van der Waals surface area contributed by atoms with Crippen LogP contribution >= 0.6 is 27.3 Å². The fourth-order valence-electron chi connectivity index (χ4n) is 1.64. The minimum Gasteiger partial charge on any atom is -0.381 e. The fraction of sp³-hybridized carbons (Fsp3) is 0.600. The Bertz CT molecular complexity index is 247. The first-order valence-electron chi connectivity index (χ1n) is 4.60. The second-order valence-electron chi connectivity index (χ2n) is 3.42. The predicted molar refractivity (Wildman–Crippen MR) is 59.7 cm³/mol. The van der Waals surface area contributed by atoms with E-state index in [2.05, 4.69) is 33.4 Å². The van der Waals surface area contributed by atoms with Crippen molar-refractivity contribution in [1.82, 2.24) is 0 Å². The first-order valence-corrected chi connectivity index (χ1v) is 6.40. The predicted octanol–water partition coefficient (Wildman–Crippen LogP) is 3.09. The molecule has 1 fully saturated rings. The number of hydrogen-bond donors (Lipinski definition) is 0. The average molecular weight is 261 g/mol. The van der Waals surface area contributed by atoms with E-state index in [4.69, 9.17) is 4.74 Å². The third-order valence-electron chi connectivity index (χ3n) is 2.42. The van der Waals surface area contributed by atoms with Gasteiger partial charge in [0.2, 0.25) is 0 Å². The highest BCUT2D eigenvalue weighted by molar-refractivity contribution is 9.09. The van der Waals surface area contributed by atoms with Crippen molar-refractivity contribution >= 4 is 27.3 Å². The SMILES string of the molecule is BrC1CCOCC1Cc1cccs1. The van der Waals surface area contributed by atoms with Crippen molar-refractivity contribution < 1.29 is 4.74 Å². The maximum atomic E-state index is 5.48. The van der Waals surface area contributed by atoms with Crippen molar-refractivity contribution in [2.45, 2.75) is 17.7 Å². The zero-order valence-electron chi connectivity index (χ0n) is 7.41. The van der Waals surface area contributed by atoms with Crippen molar-refractivity contribution in [3.63, 3.8) is 0 Å². The molecule has 0 N–H and O–H groups in total. The summed E-state index contributed by atoms with van der Waals surface area (Å²) in [4.78, 5) is 2.11. The van der Waals surface area contributed by atoms with E-state index in [1.807, 2.05) is 11.3 Å². The molecular formula is C10H13BrOS. The second-order valence-corrected chi connectivity index (χ2v) is 5.63. The van der Waals surface area contributed by atoms with Crippen molar-refractivity contribution in [3.05, 3.63) is 22.4 Å². The highest BCUT2D eigenvalue weighted by Crippen LogP contribution is 2.26. The van der Waals surface area contributed by atoms with Gasteiger partial charge in [0.15, 0.2) is 0 Å². The van der Waals surface area contributed by atoms with Crippen LogP contribution in [0.4, 0.5) is 0 Å². The van der Waals surface area contributed by atoms with Crippen LogP contribution in [0.1, 0.15) is 11.3 Å². The molecular weight excluding hydrogens is 248 g/mol. The van der Waals surface area contributed by atoms with Gasteiger partial charge in [-0.1, -0.05) is 22.0 Å². The number of hydrogen-bond acceptors (Lipinski definition) is 2. The van der Waals surface area contributed by atoms with Crippen LogP contribution in [0.3, 0.4) is 0 Å². The highest BCUT2D eigenvalue weighted by atomic mass is 79.9. The quantitative estimate of drug-likeness (QED) is 0.743. The van der Waals surface area contributed by atoms with Gasteiger partial charge >= 0.3 is 0 Å². The molecule has 2 rings (SSSR count). The van der Waals surface area contributed by atoms with Crippen molar-refractivity contribution in [3.8, 4) is 0 Å². The normalized spacial score (nSPS) is 29.0. The minimum absolute atomic E-state index is 0.642. The largest absolute Gasteiger partial charge is 0.381 e. The summed E-state index contributed by atoms with van der Waals surface area (Å²) in [5.74, 6) is 0.660. The number of alkyl halides is 1. The molecule has 0 radical (unpaired) electrons. The molecule has 2 atom stereocenters. The lowest BCUT2D eigenvalue weighted by molar-refractivity contribution is 0.0608. The van der Waals surface area contributed by atoms with E-state index in [-0.39, 0.29) is 0 Å². The zero-order chi connectivity index (χ0) is 9.10. The Morgan fingerprint density at radius 2 is 2.54 bits per heavy atom. The Kier molecular flexibility index (Phi) is 3.41. The maximum Gasteiger partial charge on any atom is 0.0508 e. The van der Waals surface area contributed by atoms with Crippen LogP contribution in [0.2, 0.25) is 0 Å². The van der Waals surface area contributed by atoms with Crippen molar-refractivity contribution in [2.75, 3.05) is 13.2 Å². The topological polar surface area (TPSA) is 9.23 Å². The summed E-state index contributed by atoms with van der Waals surface area (Å²) < 4.78 is 5.48. The molecule has 1 aliphatic heterocycles. The number of rotatable bonds is 2. The molecule has 1 aromatic heterocycles. The smallest absolute Gasteiger partial charge is 0.0508 e. The Morgan fingerprint density at radius 3 is 3.23 bits per heavy atom. The molecule has 0 spiro atoms. The molecule has 72 valence electrons. The summed E-state index contributed by atoms with van der Waals surface area (Å²) in [7, 11) is 0. The molecule has 3 heteroatoms. The molecule has 1 aromatic rings. The maximum absolute atomic E-state index is 5.48. The molecule has 0 saturated carbocycles. The van der Waals surface area contributed by atoms with Crippen LogP contribution < -0.4 is 0 Å². The Morgan fingerprint density at radius 1 is 1.62 bits per heavy atom. The van der Waals surface area contributed by atoms with E-state index in [1.54, 1.807) is 0 Å². The molecule has 13 heavy (non-hydrogen) atoms. The number of ether oxygens (including phenoxy) is 1. The monoisotopic (exact) mass is 260 g/mol. The molecule has 1 saturated heterocycles. The van der Waals surface area contributed by atoms with Gasteiger partial charge in [-0.2, -0.15) is 0 Å². The molecule has 0 bridgehead atoms. The molecule has 1 nitrogen and oxygen atoms in total. The summed E-state index contributed by atoms with van der Waals surface area (Å²) in [6, 6.07) is 4.33. The fourth-order valence-corrected chi connectivity index (χ4v) is 2.97. The Hall–Kier alpha value is 0.140. The standard InChI is InChI=1S/C10H13BrOS/c11-10-3-4-12-7-8(10)6-9-2-1-5-13-9/h1-2,5,8,10H,3-4,6-7H2. The van der Waals surface area contributed by atoms with Crippen LogP contribution in [0.25, 0.3) is 0 Å². The van der Waals surface area contributed by atoms with Gasteiger partial charge in [0, 0.05) is 16.3 Å². The van der Waals surface area contributed by atoms with Gasteiger partial charge < -0.3 is 4.74 Å².